The van der Waals surface area contributed by atoms with Crippen LogP contribution in [0.1, 0.15) is 42.0 Å². The lowest BCUT2D eigenvalue weighted by atomic mass is 10.1. The third-order valence-corrected chi connectivity index (χ3v) is 7.93. The Morgan fingerprint density at radius 1 is 1.23 bits per heavy atom. The van der Waals surface area contributed by atoms with Crippen molar-refractivity contribution in [1.82, 2.24) is 9.21 Å². The summed E-state index contributed by atoms with van der Waals surface area (Å²) in [6.07, 6.45) is 0. The number of hydrogen-bond acceptors (Lipinski definition) is 4. The highest BCUT2D eigenvalue weighted by atomic mass is 35.5. The summed E-state index contributed by atoms with van der Waals surface area (Å²) in [6, 6.07) is 8.19. The Labute approximate surface area is 164 Å². The fourth-order valence-electron chi connectivity index (χ4n) is 2.64. The highest BCUT2D eigenvalue weighted by Crippen LogP contribution is 2.28. The summed E-state index contributed by atoms with van der Waals surface area (Å²) in [7, 11) is -2.04. The molecule has 0 fully saturated rings. The van der Waals surface area contributed by atoms with Gasteiger partial charge >= 0.3 is 0 Å². The van der Waals surface area contributed by atoms with Crippen molar-refractivity contribution in [2.24, 2.45) is 0 Å². The number of carbonyl (C=O) groups excluding carboxylic acids is 1. The SMILES string of the molecule is CCN(CC)S(=O)(=O)c1cc(C(=O)N(C)C(C)c2cccs2)ccc1Cl. The van der Waals surface area contributed by atoms with Gasteiger partial charge in [-0.15, -0.1) is 11.3 Å². The molecule has 0 saturated heterocycles. The number of thiophene rings is 1. The molecule has 0 bridgehead atoms. The second-order valence-corrected chi connectivity index (χ2v) is 9.13. The second kappa shape index (κ2) is 8.52. The Bertz CT molecular complexity index is 863. The molecule has 2 rings (SSSR count). The Balaban J connectivity index is 2.38. The molecule has 0 radical (unpaired) electrons. The third-order valence-electron chi connectivity index (χ3n) is 4.36. The normalized spacial score (nSPS) is 13.0. The van der Waals surface area contributed by atoms with Crippen molar-refractivity contribution in [2.75, 3.05) is 20.1 Å². The third kappa shape index (κ3) is 4.11. The fraction of sp³-hybridized carbons (Fsp3) is 0.389. The topological polar surface area (TPSA) is 57.7 Å². The van der Waals surface area contributed by atoms with E-state index in [0.717, 1.165) is 4.88 Å². The summed E-state index contributed by atoms with van der Waals surface area (Å²) in [4.78, 5) is 15.5. The highest BCUT2D eigenvalue weighted by Gasteiger charge is 2.27. The lowest BCUT2D eigenvalue weighted by molar-refractivity contribution is 0.0744. The maximum absolute atomic E-state index is 12.9. The van der Waals surface area contributed by atoms with E-state index in [1.54, 1.807) is 43.2 Å². The van der Waals surface area contributed by atoms with Crippen LogP contribution in [0.2, 0.25) is 5.02 Å². The van der Waals surface area contributed by atoms with Crippen LogP contribution in [0.4, 0.5) is 0 Å². The molecule has 5 nitrogen and oxygen atoms in total. The minimum atomic E-state index is -3.74. The molecule has 1 atom stereocenters. The summed E-state index contributed by atoms with van der Waals surface area (Å²) < 4.78 is 26.9. The van der Waals surface area contributed by atoms with Crippen molar-refractivity contribution in [3.8, 4) is 0 Å². The molecule has 26 heavy (non-hydrogen) atoms. The molecule has 0 N–H and O–H groups in total. The summed E-state index contributed by atoms with van der Waals surface area (Å²) >= 11 is 7.71. The molecule has 0 spiro atoms. The minimum absolute atomic E-state index is 0.0362. The molecular weight excluding hydrogens is 392 g/mol. The fourth-order valence-corrected chi connectivity index (χ4v) is 5.42. The van der Waals surface area contributed by atoms with Gasteiger partial charge in [0.05, 0.1) is 11.1 Å². The van der Waals surface area contributed by atoms with Crippen LogP contribution in [-0.4, -0.2) is 43.7 Å². The van der Waals surface area contributed by atoms with E-state index in [1.165, 1.54) is 16.4 Å². The molecule has 0 saturated carbocycles. The molecule has 1 amide bonds. The van der Waals surface area contributed by atoms with E-state index in [1.807, 2.05) is 24.4 Å². The van der Waals surface area contributed by atoms with Gasteiger partial charge in [0, 0.05) is 30.6 Å². The minimum Gasteiger partial charge on any atom is -0.334 e. The predicted octanol–water partition coefficient (Wildman–Crippen LogP) is 4.27. The predicted molar refractivity (Wildman–Crippen MR) is 106 cm³/mol. The van der Waals surface area contributed by atoms with Gasteiger partial charge in [0.2, 0.25) is 10.0 Å². The average Bonchev–Trinajstić information content (AvgIpc) is 3.15. The number of benzene rings is 1. The van der Waals surface area contributed by atoms with E-state index in [-0.39, 0.29) is 21.9 Å². The molecule has 0 aliphatic heterocycles. The van der Waals surface area contributed by atoms with Crippen molar-refractivity contribution < 1.29 is 13.2 Å². The van der Waals surface area contributed by atoms with E-state index < -0.39 is 10.0 Å². The summed E-state index contributed by atoms with van der Waals surface area (Å²) in [5, 5.41) is 2.07. The lowest BCUT2D eigenvalue weighted by Gasteiger charge is -2.25. The summed E-state index contributed by atoms with van der Waals surface area (Å²) in [6.45, 7) is 6.14. The van der Waals surface area contributed by atoms with Gasteiger partial charge < -0.3 is 4.90 Å². The molecule has 1 aromatic heterocycles. The number of rotatable bonds is 7. The first-order valence-corrected chi connectivity index (χ1v) is 11.0. The van der Waals surface area contributed by atoms with Crippen LogP contribution in [0.15, 0.2) is 40.6 Å². The number of amides is 1. The molecule has 1 unspecified atom stereocenters. The Morgan fingerprint density at radius 3 is 2.42 bits per heavy atom. The monoisotopic (exact) mass is 414 g/mol. The Morgan fingerprint density at radius 2 is 1.88 bits per heavy atom. The van der Waals surface area contributed by atoms with Crippen molar-refractivity contribution in [3.63, 3.8) is 0 Å². The van der Waals surface area contributed by atoms with Gasteiger partial charge in [-0.05, 0) is 36.6 Å². The maximum Gasteiger partial charge on any atom is 0.254 e. The highest BCUT2D eigenvalue weighted by molar-refractivity contribution is 7.89. The van der Waals surface area contributed by atoms with Crippen LogP contribution in [0.5, 0.6) is 0 Å². The van der Waals surface area contributed by atoms with Gasteiger partial charge in [0.25, 0.3) is 5.91 Å². The molecule has 142 valence electrons. The number of hydrogen-bond donors (Lipinski definition) is 0. The van der Waals surface area contributed by atoms with Crippen molar-refractivity contribution in [3.05, 3.63) is 51.2 Å². The zero-order chi connectivity index (χ0) is 19.5. The zero-order valence-corrected chi connectivity index (χ0v) is 17.7. The number of halogens is 1. The molecule has 8 heteroatoms. The lowest BCUT2D eigenvalue weighted by Crippen LogP contribution is -2.32. The average molecular weight is 415 g/mol. The number of nitrogens with zero attached hydrogens (tertiary/aromatic N) is 2. The van der Waals surface area contributed by atoms with Crippen molar-refractivity contribution in [1.29, 1.82) is 0 Å². The number of carbonyl (C=O) groups is 1. The quantitative estimate of drug-likeness (QED) is 0.679. The van der Waals surface area contributed by atoms with Gasteiger partial charge in [-0.1, -0.05) is 31.5 Å². The number of sulfonamides is 1. The molecule has 1 aromatic carbocycles. The molecule has 1 heterocycles. The van der Waals surface area contributed by atoms with Gasteiger partial charge in [-0.25, -0.2) is 8.42 Å². The van der Waals surface area contributed by atoms with E-state index in [2.05, 4.69) is 0 Å². The van der Waals surface area contributed by atoms with Crippen LogP contribution < -0.4 is 0 Å². The molecular formula is C18H23ClN2O3S2. The molecule has 0 aliphatic carbocycles. The van der Waals surface area contributed by atoms with Crippen LogP contribution in [-0.2, 0) is 10.0 Å². The van der Waals surface area contributed by atoms with E-state index in [4.69, 9.17) is 11.6 Å². The van der Waals surface area contributed by atoms with Crippen LogP contribution in [0, 0.1) is 0 Å². The second-order valence-electron chi connectivity index (χ2n) is 5.84. The Hall–Kier alpha value is -1.41. The van der Waals surface area contributed by atoms with Crippen LogP contribution in [0.3, 0.4) is 0 Å². The summed E-state index contributed by atoms with van der Waals surface area (Å²) in [5.74, 6) is -0.251. The van der Waals surface area contributed by atoms with E-state index in [9.17, 15) is 13.2 Å². The van der Waals surface area contributed by atoms with Crippen LogP contribution in [0.25, 0.3) is 0 Å². The van der Waals surface area contributed by atoms with E-state index >= 15 is 0 Å². The van der Waals surface area contributed by atoms with E-state index in [0.29, 0.717) is 18.7 Å². The zero-order valence-electron chi connectivity index (χ0n) is 15.3. The van der Waals surface area contributed by atoms with Crippen molar-refractivity contribution >= 4 is 38.9 Å². The van der Waals surface area contributed by atoms with Gasteiger partial charge in [0.1, 0.15) is 4.90 Å². The van der Waals surface area contributed by atoms with Gasteiger partial charge in [0.15, 0.2) is 0 Å². The molecule has 2 aromatic rings. The summed E-state index contributed by atoms with van der Waals surface area (Å²) in [5.41, 5.74) is 0.297. The largest absolute Gasteiger partial charge is 0.334 e. The first kappa shape index (κ1) is 20.9. The first-order valence-electron chi connectivity index (χ1n) is 8.34. The van der Waals surface area contributed by atoms with Gasteiger partial charge in [-0.3, -0.25) is 4.79 Å². The first-order chi connectivity index (χ1) is 12.2. The standard InChI is InChI=1S/C18H23ClN2O3S2/c1-5-21(6-2)26(23,24)17-12-14(9-10-15(17)19)18(22)20(4)13(3)16-8-7-11-25-16/h7-13H,5-6H2,1-4H3. The molecule has 0 aliphatic rings. The van der Waals surface area contributed by atoms with Gasteiger partial charge in [-0.2, -0.15) is 4.31 Å². The van der Waals surface area contributed by atoms with Crippen molar-refractivity contribution in [2.45, 2.75) is 31.7 Å². The van der Waals surface area contributed by atoms with Crippen LogP contribution >= 0.6 is 22.9 Å². The Kier molecular flexibility index (Phi) is 6.85. The maximum atomic E-state index is 12.9. The smallest absolute Gasteiger partial charge is 0.254 e.